The molecule has 1 aromatic heterocycles. The lowest BCUT2D eigenvalue weighted by molar-refractivity contribution is -0.113. The predicted molar refractivity (Wildman–Crippen MR) is 112 cm³/mol. The number of anilines is 1. The van der Waals surface area contributed by atoms with Crippen LogP contribution in [0.15, 0.2) is 52.4 Å². The lowest BCUT2D eigenvalue weighted by atomic mass is 10.2. The number of aromatic nitrogens is 2. The summed E-state index contributed by atoms with van der Waals surface area (Å²) in [7, 11) is 0. The van der Waals surface area contributed by atoms with E-state index in [1.165, 1.54) is 11.8 Å². The molecule has 0 aliphatic heterocycles. The molecule has 0 fully saturated rings. The standard InChI is InChI=1S/C20H20ClN3O2S/c1-3-10-24-19(26)15-9-8-14(21)11-17(15)23-20(24)27-12-18(25)22-16-7-5-4-6-13(16)2/h4-9,11H,3,10,12H2,1-2H3,(H,22,25). The van der Waals surface area contributed by atoms with Gasteiger partial charge in [0.25, 0.3) is 5.56 Å². The van der Waals surface area contributed by atoms with Gasteiger partial charge < -0.3 is 5.32 Å². The van der Waals surface area contributed by atoms with Gasteiger partial charge in [0.1, 0.15) is 0 Å². The summed E-state index contributed by atoms with van der Waals surface area (Å²) in [6, 6.07) is 12.7. The smallest absolute Gasteiger partial charge is 0.262 e. The number of carbonyl (C=O) groups is 1. The number of aryl methyl sites for hydroxylation is 1. The van der Waals surface area contributed by atoms with Gasteiger partial charge in [-0.2, -0.15) is 0 Å². The predicted octanol–water partition coefficient (Wildman–Crippen LogP) is 4.50. The van der Waals surface area contributed by atoms with E-state index in [1.54, 1.807) is 22.8 Å². The van der Waals surface area contributed by atoms with E-state index in [0.29, 0.717) is 27.6 Å². The SMILES string of the molecule is CCCn1c(SCC(=O)Nc2ccccc2C)nc2cc(Cl)ccc2c1=O. The number of rotatable bonds is 6. The number of nitrogens with one attached hydrogen (secondary N) is 1. The third kappa shape index (κ3) is 4.51. The number of nitrogens with zero attached hydrogens (tertiary/aromatic N) is 2. The van der Waals surface area contributed by atoms with Crippen molar-refractivity contribution < 1.29 is 4.79 Å². The molecule has 0 bridgehead atoms. The molecule has 1 heterocycles. The molecule has 0 aliphatic rings. The highest BCUT2D eigenvalue weighted by Gasteiger charge is 2.13. The van der Waals surface area contributed by atoms with Crippen molar-refractivity contribution in [2.75, 3.05) is 11.1 Å². The third-order valence-electron chi connectivity index (χ3n) is 4.08. The molecule has 140 valence electrons. The molecule has 1 N–H and O–H groups in total. The van der Waals surface area contributed by atoms with Gasteiger partial charge in [-0.3, -0.25) is 14.2 Å². The normalized spacial score (nSPS) is 10.9. The molecule has 27 heavy (non-hydrogen) atoms. The first-order valence-electron chi connectivity index (χ1n) is 8.68. The first-order chi connectivity index (χ1) is 13.0. The Bertz CT molecular complexity index is 1050. The van der Waals surface area contributed by atoms with Gasteiger partial charge in [-0.25, -0.2) is 4.98 Å². The van der Waals surface area contributed by atoms with Crippen LogP contribution >= 0.6 is 23.4 Å². The first kappa shape index (κ1) is 19.5. The third-order valence-corrected chi connectivity index (χ3v) is 5.29. The minimum Gasteiger partial charge on any atom is -0.325 e. The maximum Gasteiger partial charge on any atom is 0.262 e. The van der Waals surface area contributed by atoms with Crippen molar-refractivity contribution in [2.45, 2.75) is 32.0 Å². The Morgan fingerprint density at radius 2 is 2.04 bits per heavy atom. The molecule has 3 rings (SSSR count). The van der Waals surface area contributed by atoms with E-state index in [0.717, 1.165) is 17.7 Å². The first-order valence-corrected chi connectivity index (χ1v) is 10.0. The minimum atomic E-state index is -0.141. The summed E-state index contributed by atoms with van der Waals surface area (Å²) in [5, 5.41) is 4.47. The Hall–Kier alpha value is -2.31. The summed E-state index contributed by atoms with van der Waals surface area (Å²) in [5.41, 5.74) is 2.21. The maximum atomic E-state index is 12.8. The summed E-state index contributed by atoms with van der Waals surface area (Å²) in [5.74, 6) is 0.0223. The zero-order valence-electron chi connectivity index (χ0n) is 15.2. The number of benzene rings is 2. The largest absolute Gasteiger partial charge is 0.325 e. The summed E-state index contributed by atoms with van der Waals surface area (Å²) in [6.45, 7) is 4.49. The van der Waals surface area contributed by atoms with Gasteiger partial charge in [-0.15, -0.1) is 0 Å². The molecule has 0 radical (unpaired) electrons. The van der Waals surface area contributed by atoms with E-state index < -0.39 is 0 Å². The minimum absolute atomic E-state index is 0.111. The van der Waals surface area contributed by atoms with Gasteiger partial charge in [0, 0.05) is 17.3 Å². The summed E-state index contributed by atoms with van der Waals surface area (Å²) in [4.78, 5) is 29.7. The van der Waals surface area contributed by atoms with Crippen LogP contribution in [0.4, 0.5) is 5.69 Å². The van der Waals surface area contributed by atoms with E-state index in [1.807, 2.05) is 38.1 Å². The number of carbonyl (C=O) groups excluding carboxylic acids is 1. The zero-order chi connectivity index (χ0) is 19.4. The molecule has 0 spiro atoms. The van der Waals surface area contributed by atoms with E-state index in [9.17, 15) is 9.59 Å². The van der Waals surface area contributed by atoms with Crippen molar-refractivity contribution in [3.05, 3.63) is 63.4 Å². The van der Waals surface area contributed by atoms with Gasteiger partial charge in [-0.1, -0.05) is 48.5 Å². The molecule has 0 saturated carbocycles. The monoisotopic (exact) mass is 401 g/mol. The van der Waals surface area contributed by atoms with Crippen molar-refractivity contribution in [3.8, 4) is 0 Å². The average molecular weight is 402 g/mol. The maximum absolute atomic E-state index is 12.8. The second kappa shape index (κ2) is 8.59. The van der Waals surface area contributed by atoms with E-state index in [2.05, 4.69) is 10.3 Å². The van der Waals surface area contributed by atoms with Gasteiger partial charge in [0.05, 0.1) is 16.7 Å². The van der Waals surface area contributed by atoms with Gasteiger partial charge in [-0.05, 0) is 43.2 Å². The van der Waals surface area contributed by atoms with Crippen LogP contribution in [0.1, 0.15) is 18.9 Å². The highest BCUT2D eigenvalue weighted by atomic mass is 35.5. The molecular formula is C20H20ClN3O2S. The molecule has 1 amide bonds. The highest BCUT2D eigenvalue weighted by Crippen LogP contribution is 2.21. The number of halogens is 1. The van der Waals surface area contributed by atoms with Crippen molar-refractivity contribution >= 4 is 45.9 Å². The Morgan fingerprint density at radius 1 is 1.26 bits per heavy atom. The van der Waals surface area contributed by atoms with Crippen molar-refractivity contribution in [3.63, 3.8) is 0 Å². The van der Waals surface area contributed by atoms with Crippen LogP contribution in [0, 0.1) is 6.92 Å². The van der Waals surface area contributed by atoms with Crippen molar-refractivity contribution in [1.82, 2.24) is 9.55 Å². The molecule has 0 aliphatic carbocycles. The number of hydrogen-bond donors (Lipinski definition) is 1. The summed E-state index contributed by atoms with van der Waals surface area (Å²) >= 11 is 7.29. The Kier molecular flexibility index (Phi) is 6.19. The Labute approximate surface area is 166 Å². The fourth-order valence-corrected chi connectivity index (χ4v) is 3.73. The van der Waals surface area contributed by atoms with Crippen molar-refractivity contribution in [2.24, 2.45) is 0 Å². The van der Waals surface area contributed by atoms with Crippen LogP contribution in [0.25, 0.3) is 10.9 Å². The Balaban J connectivity index is 1.85. The average Bonchev–Trinajstić information content (AvgIpc) is 2.64. The second-order valence-electron chi connectivity index (χ2n) is 6.16. The Morgan fingerprint density at radius 3 is 2.78 bits per heavy atom. The molecule has 7 heteroatoms. The van der Waals surface area contributed by atoms with E-state index >= 15 is 0 Å². The number of hydrogen-bond acceptors (Lipinski definition) is 4. The van der Waals surface area contributed by atoms with Crippen LogP contribution in [0.5, 0.6) is 0 Å². The lowest BCUT2D eigenvalue weighted by Crippen LogP contribution is -2.24. The lowest BCUT2D eigenvalue weighted by Gasteiger charge is -2.13. The molecule has 2 aromatic carbocycles. The molecule has 5 nitrogen and oxygen atoms in total. The van der Waals surface area contributed by atoms with Crippen LogP contribution < -0.4 is 10.9 Å². The van der Waals surface area contributed by atoms with E-state index in [4.69, 9.17) is 11.6 Å². The summed E-state index contributed by atoms with van der Waals surface area (Å²) < 4.78 is 1.63. The number of fused-ring (bicyclic) bond motifs is 1. The van der Waals surface area contributed by atoms with Crippen LogP contribution in [-0.2, 0) is 11.3 Å². The number of para-hydroxylation sites is 1. The van der Waals surface area contributed by atoms with Crippen LogP contribution in [0.3, 0.4) is 0 Å². The second-order valence-corrected chi connectivity index (χ2v) is 7.54. The van der Waals surface area contributed by atoms with E-state index in [-0.39, 0.29) is 17.2 Å². The topological polar surface area (TPSA) is 64.0 Å². The number of amides is 1. The molecule has 0 saturated heterocycles. The summed E-state index contributed by atoms with van der Waals surface area (Å²) in [6.07, 6.45) is 0.795. The fraction of sp³-hybridized carbons (Fsp3) is 0.250. The molecule has 3 aromatic rings. The van der Waals surface area contributed by atoms with Gasteiger partial charge >= 0.3 is 0 Å². The fourth-order valence-electron chi connectivity index (χ4n) is 2.73. The molecular weight excluding hydrogens is 382 g/mol. The molecule has 0 atom stereocenters. The van der Waals surface area contributed by atoms with Crippen LogP contribution in [-0.4, -0.2) is 21.2 Å². The van der Waals surface area contributed by atoms with Gasteiger partial charge in [0.2, 0.25) is 5.91 Å². The number of thioether (sulfide) groups is 1. The van der Waals surface area contributed by atoms with Crippen LogP contribution in [0.2, 0.25) is 5.02 Å². The molecule has 0 unspecified atom stereocenters. The highest BCUT2D eigenvalue weighted by molar-refractivity contribution is 7.99. The van der Waals surface area contributed by atoms with Gasteiger partial charge in [0.15, 0.2) is 5.16 Å². The zero-order valence-corrected chi connectivity index (χ0v) is 16.7. The van der Waals surface area contributed by atoms with Crippen molar-refractivity contribution in [1.29, 1.82) is 0 Å². The quantitative estimate of drug-likeness (QED) is 0.488.